The van der Waals surface area contributed by atoms with Crippen molar-refractivity contribution < 1.29 is 4.79 Å². The predicted molar refractivity (Wildman–Crippen MR) is 139 cm³/mol. The van der Waals surface area contributed by atoms with Gasteiger partial charge in [0.25, 0.3) is 11.5 Å². The predicted octanol–water partition coefficient (Wildman–Crippen LogP) is 4.48. The normalized spacial score (nSPS) is 12.1. The third kappa shape index (κ3) is 5.11. The van der Waals surface area contributed by atoms with Crippen LogP contribution in [-0.4, -0.2) is 45.5 Å². The summed E-state index contributed by atoms with van der Waals surface area (Å²) in [5, 5.41) is 3.14. The Kier molecular flexibility index (Phi) is 7.87. The molecule has 0 aliphatic carbocycles. The number of benzene rings is 2. The third-order valence-corrected chi connectivity index (χ3v) is 6.94. The zero-order valence-electron chi connectivity index (χ0n) is 19.1. The van der Waals surface area contributed by atoms with Gasteiger partial charge in [-0.25, -0.2) is 9.97 Å². The molecule has 9 heteroatoms. The summed E-state index contributed by atoms with van der Waals surface area (Å²) in [4.78, 5) is 38.7. The van der Waals surface area contributed by atoms with Crippen LogP contribution < -0.4 is 10.9 Å². The zero-order chi connectivity index (χ0) is 24.1. The lowest BCUT2D eigenvalue weighted by molar-refractivity contribution is 0.0660. The highest BCUT2D eigenvalue weighted by molar-refractivity contribution is 9.10. The quantitative estimate of drug-likeness (QED) is 0.339. The average molecular weight is 540 g/mol. The van der Waals surface area contributed by atoms with E-state index in [9.17, 15) is 9.59 Å². The van der Waals surface area contributed by atoms with E-state index in [1.54, 1.807) is 10.1 Å². The van der Waals surface area contributed by atoms with E-state index in [1.807, 2.05) is 73.5 Å². The van der Waals surface area contributed by atoms with Gasteiger partial charge in [0.2, 0.25) is 0 Å². The monoisotopic (exact) mass is 539 g/mol. The molecule has 0 aliphatic heterocycles. The SMILES string of the molecule is CCC(c1nc2scnc2c(=O)n1Cc1ccccc1)N(CCNC)C(=O)c1ccc(Br)cc1. The Balaban J connectivity index is 1.84. The number of hydrogen-bond donors (Lipinski definition) is 1. The van der Waals surface area contributed by atoms with Crippen molar-refractivity contribution in [2.75, 3.05) is 20.1 Å². The molecule has 176 valence electrons. The van der Waals surface area contributed by atoms with Crippen molar-refractivity contribution in [1.29, 1.82) is 0 Å². The summed E-state index contributed by atoms with van der Waals surface area (Å²) in [7, 11) is 1.86. The lowest BCUT2D eigenvalue weighted by atomic mass is 10.1. The molecule has 1 amide bonds. The minimum absolute atomic E-state index is 0.0977. The Morgan fingerprint density at radius 2 is 1.91 bits per heavy atom. The molecular formula is C25H26BrN5O2S. The molecule has 34 heavy (non-hydrogen) atoms. The molecule has 1 unspecified atom stereocenters. The molecule has 0 saturated carbocycles. The Morgan fingerprint density at radius 3 is 2.59 bits per heavy atom. The number of amides is 1. The number of thiazole rings is 1. The molecule has 4 aromatic rings. The summed E-state index contributed by atoms with van der Waals surface area (Å²) in [5.41, 5.74) is 3.39. The van der Waals surface area contributed by atoms with Crippen molar-refractivity contribution in [1.82, 2.24) is 24.8 Å². The molecule has 1 atom stereocenters. The molecule has 4 rings (SSSR count). The molecule has 0 saturated heterocycles. The summed E-state index contributed by atoms with van der Waals surface area (Å²) in [6, 6.07) is 16.7. The van der Waals surface area contributed by atoms with Crippen LogP contribution in [0.1, 0.15) is 41.1 Å². The average Bonchev–Trinajstić information content (AvgIpc) is 3.33. The van der Waals surface area contributed by atoms with E-state index < -0.39 is 0 Å². The maximum absolute atomic E-state index is 13.7. The molecule has 0 spiro atoms. The fraction of sp³-hybridized carbons (Fsp3) is 0.280. The van der Waals surface area contributed by atoms with E-state index in [4.69, 9.17) is 4.98 Å². The first-order chi connectivity index (χ1) is 16.5. The van der Waals surface area contributed by atoms with Crippen molar-refractivity contribution in [2.45, 2.75) is 25.9 Å². The van der Waals surface area contributed by atoms with Gasteiger partial charge in [-0.05, 0) is 43.3 Å². The molecule has 0 aliphatic rings. The van der Waals surface area contributed by atoms with Gasteiger partial charge in [0.1, 0.15) is 5.82 Å². The standard InChI is InChI=1S/C25H26BrN5O2S/c1-3-20(30(14-13-27-2)24(32)18-9-11-19(26)12-10-18)22-29-23-21(28-16-34-23)25(33)31(22)15-17-7-5-4-6-8-17/h4-12,16,20,27H,3,13-15H2,1-2H3. The number of fused-ring (bicyclic) bond motifs is 1. The first-order valence-corrected chi connectivity index (χ1v) is 12.8. The molecule has 1 N–H and O–H groups in total. The molecule has 0 fully saturated rings. The van der Waals surface area contributed by atoms with Crippen LogP contribution >= 0.6 is 27.3 Å². The van der Waals surface area contributed by atoms with Crippen molar-refractivity contribution in [3.63, 3.8) is 0 Å². The van der Waals surface area contributed by atoms with Gasteiger partial charge in [-0.2, -0.15) is 0 Å². The fourth-order valence-corrected chi connectivity index (χ4v) is 4.89. The minimum Gasteiger partial charge on any atom is -0.327 e. The highest BCUT2D eigenvalue weighted by atomic mass is 79.9. The number of hydrogen-bond acceptors (Lipinski definition) is 6. The van der Waals surface area contributed by atoms with Crippen LogP contribution in [0.5, 0.6) is 0 Å². The van der Waals surface area contributed by atoms with Gasteiger partial charge in [0.05, 0.1) is 18.1 Å². The van der Waals surface area contributed by atoms with E-state index in [1.165, 1.54) is 11.3 Å². The first kappa shape index (κ1) is 24.3. The van der Waals surface area contributed by atoms with Gasteiger partial charge < -0.3 is 10.2 Å². The highest BCUT2D eigenvalue weighted by Crippen LogP contribution is 2.27. The smallest absolute Gasteiger partial charge is 0.281 e. The topological polar surface area (TPSA) is 80.1 Å². The lowest BCUT2D eigenvalue weighted by Gasteiger charge is -2.32. The van der Waals surface area contributed by atoms with Gasteiger partial charge in [-0.15, -0.1) is 11.3 Å². The number of likely N-dealkylation sites (N-methyl/N-ethyl adjacent to an activating group) is 1. The maximum atomic E-state index is 13.7. The van der Waals surface area contributed by atoms with Crippen LogP contribution in [0, 0.1) is 0 Å². The van der Waals surface area contributed by atoms with E-state index in [-0.39, 0.29) is 17.5 Å². The lowest BCUT2D eigenvalue weighted by Crippen LogP contribution is -2.41. The Labute approximate surface area is 210 Å². The summed E-state index contributed by atoms with van der Waals surface area (Å²) in [6.45, 7) is 3.47. The molecule has 2 aromatic carbocycles. The maximum Gasteiger partial charge on any atom is 0.281 e. The van der Waals surface area contributed by atoms with Crippen molar-refractivity contribution >= 4 is 43.5 Å². The van der Waals surface area contributed by atoms with Crippen LogP contribution in [-0.2, 0) is 6.54 Å². The minimum atomic E-state index is -0.382. The van der Waals surface area contributed by atoms with Gasteiger partial charge in [-0.1, -0.05) is 53.2 Å². The van der Waals surface area contributed by atoms with Crippen molar-refractivity contribution in [2.24, 2.45) is 0 Å². The van der Waals surface area contributed by atoms with Crippen LogP contribution in [0.4, 0.5) is 0 Å². The summed E-state index contributed by atoms with van der Waals surface area (Å²) in [6.07, 6.45) is 0.609. The largest absolute Gasteiger partial charge is 0.327 e. The first-order valence-electron chi connectivity index (χ1n) is 11.1. The molecular weight excluding hydrogens is 514 g/mol. The van der Waals surface area contributed by atoms with Gasteiger partial charge in [-0.3, -0.25) is 14.2 Å². The Bertz CT molecular complexity index is 1320. The molecule has 0 radical (unpaired) electrons. The Morgan fingerprint density at radius 1 is 1.18 bits per heavy atom. The van der Waals surface area contributed by atoms with Crippen LogP contribution in [0.2, 0.25) is 0 Å². The summed E-state index contributed by atoms with van der Waals surface area (Å²) in [5.74, 6) is 0.481. The van der Waals surface area contributed by atoms with Gasteiger partial charge >= 0.3 is 0 Å². The fourth-order valence-electron chi connectivity index (χ4n) is 3.97. The number of rotatable bonds is 9. The number of aromatic nitrogens is 3. The van der Waals surface area contributed by atoms with Crippen molar-refractivity contribution in [3.8, 4) is 0 Å². The molecule has 2 aromatic heterocycles. The second-order valence-electron chi connectivity index (χ2n) is 7.89. The second-order valence-corrected chi connectivity index (χ2v) is 9.63. The number of halogens is 1. The highest BCUT2D eigenvalue weighted by Gasteiger charge is 2.29. The second kappa shape index (κ2) is 11.0. The van der Waals surface area contributed by atoms with E-state index in [2.05, 4.69) is 26.2 Å². The van der Waals surface area contributed by atoms with E-state index in [0.717, 1.165) is 10.0 Å². The summed E-state index contributed by atoms with van der Waals surface area (Å²) >= 11 is 4.77. The number of carbonyl (C=O) groups excluding carboxylic acids is 1. The number of nitrogens with zero attached hydrogens (tertiary/aromatic N) is 4. The van der Waals surface area contributed by atoms with Crippen molar-refractivity contribution in [3.05, 3.63) is 91.9 Å². The van der Waals surface area contributed by atoms with Gasteiger partial charge in [0, 0.05) is 23.1 Å². The third-order valence-electron chi connectivity index (χ3n) is 5.69. The van der Waals surface area contributed by atoms with Crippen LogP contribution in [0.25, 0.3) is 10.3 Å². The van der Waals surface area contributed by atoms with E-state index >= 15 is 0 Å². The van der Waals surface area contributed by atoms with Crippen LogP contribution in [0.3, 0.4) is 0 Å². The van der Waals surface area contributed by atoms with Crippen LogP contribution in [0.15, 0.2) is 69.4 Å². The number of carbonyl (C=O) groups is 1. The summed E-state index contributed by atoms with van der Waals surface area (Å²) < 4.78 is 2.58. The number of nitrogens with one attached hydrogen (secondary N) is 1. The Hall–Kier alpha value is -2.88. The molecule has 0 bridgehead atoms. The molecule has 7 nitrogen and oxygen atoms in total. The zero-order valence-corrected chi connectivity index (χ0v) is 21.5. The van der Waals surface area contributed by atoms with E-state index in [0.29, 0.717) is 47.8 Å². The molecule has 2 heterocycles. The van der Waals surface area contributed by atoms with Gasteiger partial charge in [0.15, 0.2) is 10.3 Å².